The van der Waals surface area contributed by atoms with Gasteiger partial charge in [-0.25, -0.2) is 4.98 Å². The van der Waals surface area contributed by atoms with Crippen LogP contribution in [-0.2, 0) is 12.3 Å². The maximum atomic E-state index is 8.67. The number of hydrogen-bond donors (Lipinski definition) is 1. The van der Waals surface area contributed by atoms with Crippen LogP contribution in [-0.4, -0.2) is 9.97 Å². The lowest BCUT2D eigenvalue weighted by Gasteiger charge is -1.98. The number of rotatable bonds is 3. The summed E-state index contributed by atoms with van der Waals surface area (Å²) < 4.78 is 0. The molecule has 1 aromatic carbocycles. The molecule has 0 saturated heterocycles. The van der Waals surface area contributed by atoms with E-state index < -0.39 is 0 Å². The second kappa shape index (κ2) is 4.82. The van der Waals surface area contributed by atoms with Crippen LogP contribution in [0.15, 0.2) is 30.5 Å². The van der Waals surface area contributed by atoms with Crippen LogP contribution in [0.25, 0.3) is 0 Å². The van der Waals surface area contributed by atoms with Crippen molar-refractivity contribution < 1.29 is 0 Å². The summed E-state index contributed by atoms with van der Waals surface area (Å²) in [6.45, 7) is 0. The van der Waals surface area contributed by atoms with Gasteiger partial charge < -0.3 is 4.98 Å². The second-order valence-electron chi connectivity index (χ2n) is 3.47. The number of imidazole rings is 1. The van der Waals surface area contributed by atoms with Gasteiger partial charge in [0.25, 0.3) is 0 Å². The number of alkyl halides is 1. The van der Waals surface area contributed by atoms with Gasteiger partial charge in [-0.3, -0.25) is 0 Å². The van der Waals surface area contributed by atoms with Gasteiger partial charge in [0.15, 0.2) is 0 Å². The number of hydrogen-bond acceptors (Lipinski definition) is 2. The second-order valence-corrected chi connectivity index (χ2v) is 3.74. The van der Waals surface area contributed by atoms with Crippen LogP contribution >= 0.6 is 11.6 Å². The van der Waals surface area contributed by atoms with Crippen molar-refractivity contribution in [3.05, 3.63) is 53.1 Å². The molecule has 4 heteroatoms. The van der Waals surface area contributed by atoms with Crippen molar-refractivity contribution in [1.29, 1.82) is 5.26 Å². The minimum atomic E-state index is 0.396. The lowest BCUT2D eigenvalue weighted by molar-refractivity contribution is 1.05. The molecular weight excluding hydrogens is 222 g/mol. The van der Waals surface area contributed by atoms with Crippen LogP contribution in [0, 0.1) is 11.3 Å². The topological polar surface area (TPSA) is 52.5 Å². The maximum absolute atomic E-state index is 8.67. The molecule has 0 radical (unpaired) electrons. The minimum Gasteiger partial charge on any atom is -0.345 e. The Bertz CT molecular complexity index is 508. The Morgan fingerprint density at radius 2 is 2.06 bits per heavy atom. The van der Waals surface area contributed by atoms with E-state index in [4.69, 9.17) is 16.9 Å². The van der Waals surface area contributed by atoms with Crippen molar-refractivity contribution in [3.8, 4) is 6.07 Å². The largest absolute Gasteiger partial charge is 0.345 e. The van der Waals surface area contributed by atoms with Gasteiger partial charge in [-0.2, -0.15) is 5.26 Å². The molecule has 0 aliphatic heterocycles. The molecule has 2 aromatic rings. The van der Waals surface area contributed by atoms with Gasteiger partial charge in [-0.1, -0.05) is 12.1 Å². The SMILES string of the molecule is N#Cc1ccc(Cc2cnc(CCl)[nH]2)cc1. The Hall–Kier alpha value is -1.79. The fourth-order valence-corrected chi connectivity index (χ4v) is 1.62. The van der Waals surface area contributed by atoms with Gasteiger partial charge in [-0.05, 0) is 17.7 Å². The normalized spacial score (nSPS) is 10.0. The molecule has 0 unspecified atom stereocenters. The van der Waals surface area contributed by atoms with Crippen LogP contribution in [0.1, 0.15) is 22.6 Å². The first-order chi connectivity index (χ1) is 7.81. The van der Waals surface area contributed by atoms with Crippen molar-refractivity contribution in [1.82, 2.24) is 9.97 Å². The predicted molar refractivity (Wildman–Crippen MR) is 62.1 cm³/mol. The highest BCUT2D eigenvalue weighted by atomic mass is 35.5. The first-order valence-electron chi connectivity index (χ1n) is 4.89. The predicted octanol–water partition coefficient (Wildman–Crippen LogP) is 2.61. The van der Waals surface area contributed by atoms with E-state index in [0.29, 0.717) is 11.4 Å². The number of nitrogens with one attached hydrogen (secondary N) is 1. The highest BCUT2D eigenvalue weighted by Crippen LogP contribution is 2.09. The van der Waals surface area contributed by atoms with E-state index >= 15 is 0 Å². The summed E-state index contributed by atoms with van der Waals surface area (Å²) in [6, 6.07) is 9.61. The molecule has 1 heterocycles. The number of nitrogens with zero attached hydrogens (tertiary/aromatic N) is 2. The van der Waals surface area contributed by atoms with Crippen molar-refractivity contribution >= 4 is 11.6 Å². The average molecular weight is 232 g/mol. The number of benzene rings is 1. The third-order valence-electron chi connectivity index (χ3n) is 2.29. The molecule has 0 atom stereocenters. The van der Waals surface area contributed by atoms with Gasteiger partial charge in [0.05, 0.1) is 17.5 Å². The molecule has 0 saturated carbocycles. The van der Waals surface area contributed by atoms with E-state index in [-0.39, 0.29) is 0 Å². The van der Waals surface area contributed by atoms with Crippen LogP contribution in [0.5, 0.6) is 0 Å². The van der Waals surface area contributed by atoms with E-state index in [1.165, 1.54) is 0 Å². The Morgan fingerprint density at radius 1 is 1.31 bits per heavy atom. The van der Waals surface area contributed by atoms with Gasteiger partial charge >= 0.3 is 0 Å². The van der Waals surface area contributed by atoms with Crippen molar-refractivity contribution in [2.75, 3.05) is 0 Å². The molecule has 0 fully saturated rings. The lowest BCUT2D eigenvalue weighted by atomic mass is 10.1. The summed E-state index contributed by atoms with van der Waals surface area (Å²) in [6.07, 6.45) is 2.56. The van der Waals surface area contributed by atoms with E-state index in [2.05, 4.69) is 16.0 Å². The van der Waals surface area contributed by atoms with Crippen molar-refractivity contribution in [3.63, 3.8) is 0 Å². The number of H-pyrrole nitrogens is 1. The molecule has 0 aliphatic carbocycles. The summed E-state index contributed by atoms with van der Waals surface area (Å²) in [4.78, 5) is 7.26. The zero-order chi connectivity index (χ0) is 11.4. The zero-order valence-electron chi connectivity index (χ0n) is 8.57. The van der Waals surface area contributed by atoms with E-state index in [9.17, 15) is 0 Å². The summed E-state index contributed by atoms with van der Waals surface area (Å²) in [5.41, 5.74) is 2.85. The number of aromatic amines is 1. The number of aromatic nitrogens is 2. The van der Waals surface area contributed by atoms with E-state index in [0.717, 1.165) is 23.5 Å². The smallest absolute Gasteiger partial charge is 0.121 e. The fraction of sp³-hybridized carbons (Fsp3) is 0.167. The molecular formula is C12H10ClN3. The van der Waals surface area contributed by atoms with Gasteiger partial charge in [-0.15, -0.1) is 11.6 Å². The minimum absolute atomic E-state index is 0.396. The first-order valence-corrected chi connectivity index (χ1v) is 5.43. The molecule has 16 heavy (non-hydrogen) atoms. The fourth-order valence-electron chi connectivity index (χ4n) is 1.48. The van der Waals surface area contributed by atoms with Crippen molar-refractivity contribution in [2.24, 2.45) is 0 Å². The summed E-state index contributed by atoms with van der Waals surface area (Å²) in [5.74, 6) is 1.18. The molecule has 1 aromatic heterocycles. The standard InChI is InChI=1S/C12H10ClN3/c13-6-12-15-8-11(16-12)5-9-1-3-10(7-14)4-2-9/h1-4,8H,5-6H2,(H,15,16). The van der Waals surface area contributed by atoms with Gasteiger partial charge in [0.1, 0.15) is 5.82 Å². The van der Waals surface area contributed by atoms with Crippen molar-refractivity contribution in [2.45, 2.75) is 12.3 Å². The monoisotopic (exact) mass is 231 g/mol. The third-order valence-corrected chi connectivity index (χ3v) is 2.54. The molecule has 0 spiro atoms. The summed E-state index contributed by atoms with van der Waals surface area (Å²) in [5, 5.41) is 8.67. The molecule has 2 rings (SSSR count). The molecule has 1 N–H and O–H groups in total. The Labute approximate surface area is 98.7 Å². The Morgan fingerprint density at radius 3 is 2.62 bits per heavy atom. The van der Waals surface area contributed by atoms with Crippen LogP contribution in [0.4, 0.5) is 0 Å². The molecule has 80 valence electrons. The number of halogens is 1. The van der Waals surface area contributed by atoms with Gasteiger partial charge in [0, 0.05) is 18.3 Å². The Kier molecular flexibility index (Phi) is 3.23. The first kappa shape index (κ1) is 10.7. The highest BCUT2D eigenvalue weighted by molar-refractivity contribution is 6.16. The maximum Gasteiger partial charge on any atom is 0.121 e. The third kappa shape index (κ3) is 2.41. The number of nitriles is 1. The average Bonchev–Trinajstić information content (AvgIpc) is 2.78. The molecule has 0 amide bonds. The molecule has 0 bridgehead atoms. The Balaban J connectivity index is 2.11. The summed E-state index contributed by atoms with van der Waals surface area (Å²) >= 11 is 5.65. The van der Waals surface area contributed by atoms with Crippen LogP contribution in [0.2, 0.25) is 0 Å². The molecule has 0 aliphatic rings. The van der Waals surface area contributed by atoms with Gasteiger partial charge in [0.2, 0.25) is 0 Å². The van der Waals surface area contributed by atoms with E-state index in [1.807, 2.05) is 24.3 Å². The highest BCUT2D eigenvalue weighted by Gasteiger charge is 2.01. The van der Waals surface area contributed by atoms with E-state index in [1.54, 1.807) is 6.20 Å². The summed E-state index contributed by atoms with van der Waals surface area (Å²) in [7, 11) is 0. The quantitative estimate of drug-likeness (QED) is 0.826. The molecule has 3 nitrogen and oxygen atoms in total. The van der Waals surface area contributed by atoms with Crippen LogP contribution in [0.3, 0.4) is 0 Å². The van der Waals surface area contributed by atoms with Crippen LogP contribution < -0.4 is 0 Å². The lowest BCUT2D eigenvalue weighted by Crippen LogP contribution is -1.89. The zero-order valence-corrected chi connectivity index (χ0v) is 9.33.